The van der Waals surface area contributed by atoms with Crippen molar-refractivity contribution >= 4 is 23.4 Å². The molecule has 8 nitrogen and oxygen atoms in total. The van der Waals surface area contributed by atoms with Crippen molar-refractivity contribution in [3.05, 3.63) is 54.6 Å². The molecule has 3 amide bonds. The molecule has 3 aliphatic rings. The van der Waals surface area contributed by atoms with Crippen molar-refractivity contribution < 1.29 is 24.2 Å². The van der Waals surface area contributed by atoms with Crippen molar-refractivity contribution in [1.82, 2.24) is 9.80 Å². The highest BCUT2D eigenvalue weighted by atomic mass is 16.5. The van der Waals surface area contributed by atoms with Crippen molar-refractivity contribution in [3.63, 3.8) is 0 Å². The molecule has 0 aromatic heterocycles. The minimum absolute atomic E-state index is 0.172. The number of ether oxygens (including phenoxy) is 1. The summed E-state index contributed by atoms with van der Waals surface area (Å²) in [6.07, 6.45) is 4.96. The third-order valence-electron chi connectivity index (χ3n) is 8.87. The molecular weight excluding hydrogens is 482 g/mol. The second-order valence-corrected chi connectivity index (χ2v) is 11.1. The highest BCUT2D eigenvalue weighted by molar-refractivity contribution is 6.05. The number of hydrogen-bond acceptors (Lipinski definition) is 5. The topological polar surface area (TPSA) is 90.4 Å². The number of nitrogens with zero attached hydrogens (tertiary/aromatic N) is 3. The Bertz CT molecular complexity index is 1150. The Kier molecular flexibility index (Phi) is 7.60. The van der Waals surface area contributed by atoms with Crippen LogP contribution < -0.4 is 4.90 Å². The monoisotopic (exact) mass is 523 g/mol. The van der Waals surface area contributed by atoms with Crippen molar-refractivity contribution in [3.8, 4) is 0 Å². The highest BCUT2D eigenvalue weighted by Gasteiger charge is 2.79. The molecule has 1 aromatic rings. The molecule has 1 spiro atoms. The molecule has 3 fully saturated rings. The lowest BCUT2D eigenvalue weighted by atomic mass is 9.64. The number of likely N-dealkylation sites (N-methyl/N-ethyl adjacent to an activating group) is 1. The molecule has 0 saturated carbocycles. The van der Waals surface area contributed by atoms with Crippen LogP contribution >= 0.6 is 0 Å². The van der Waals surface area contributed by atoms with Gasteiger partial charge >= 0.3 is 0 Å². The summed E-state index contributed by atoms with van der Waals surface area (Å²) in [5, 5.41) is 10.2. The van der Waals surface area contributed by atoms with Crippen LogP contribution in [-0.2, 0) is 19.1 Å². The number of rotatable bonds is 10. The second-order valence-electron chi connectivity index (χ2n) is 11.1. The van der Waals surface area contributed by atoms with Gasteiger partial charge in [-0.05, 0) is 57.2 Å². The number of benzene rings is 1. The number of aliphatic hydroxyl groups is 1. The average Bonchev–Trinajstić information content (AvgIpc) is 3.51. The van der Waals surface area contributed by atoms with Gasteiger partial charge in [0.25, 0.3) is 5.91 Å². The zero-order valence-corrected chi connectivity index (χ0v) is 23.3. The Hall–Kier alpha value is -2.97. The fraction of sp³-hybridized carbons (Fsp3) is 0.567. The molecule has 2 unspecified atom stereocenters. The zero-order valence-electron chi connectivity index (χ0n) is 23.3. The average molecular weight is 524 g/mol. The molecule has 3 saturated heterocycles. The van der Waals surface area contributed by atoms with E-state index in [0.717, 1.165) is 16.8 Å². The first-order valence-electron chi connectivity index (χ1n) is 13.5. The van der Waals surface area contributed by atoms with Crippen LogP contribution in [0.1, 0.15) is 44.2 Å². The van der Waals surface area contributed by atoms with Crippen LogP contribution in [-0.4, -0.2) is 82.7 Å². The van der Waals surface area contributed by atoms with Crippen LogP contribution in [0.4, 0.5) is 5.69 Å². The first-order chi connectivity index (χ1) is 18.0. The summed E-state index contributed by atoms with van der Waals surface area (Å²) in [5.41, 5.74) is 0.704. The van der Waals surface area contributed by atoms with Crippen LogP contribution in [0.2, 0.25) is 0 Å². The predicted octanol–water partition coefficient (Wildman–Crippen LogP) is 3.00. The Morgan fingerprint density at radius 2 is 1.89 bits per heavy atom. The van der Waals surface area contributed by atoms with E-state index in [9.17, 15) is 19.5 Å². The van der Waals surface area contributed by atoms with E-state index in [1.807, 2.05) is 39.0 Å². The molecule has 38 heavy (non-hydrogen) atoms. The molecule has 206 valence electrons. The third kappa shape index (κ3) is 4.00. The van der Waals surface area contributed by atoms with Crippen molar-refractivity contribution in [1.29, 1.82) is 0 Å². The number of amides is 3. The molecule has 3 heterocycles. The minimum Gasteiger partial charge on any atom is -0.394 e. The maximum Gasteiger partial charge on any atom is 0.253 e. The maximum absolute atomic E-state index is 14.6. The lowest BCUT2D eigenvalue weighted by Crippen LogP contribution is -2.58. The van der Waals surface area contributed by atoms with Gasteiger partial charge in [0.1, 0.15) is 11.6 Å². The molecule has 2 bridgehead atoms. The molecule has 0 aliphatic carbocycles. The summed E-state index contributed by atoms with van der Waals surface area (Å²) in [6, 6.07) is 4.32. The van der Waals surface area contributed by atoms with E-state index in [1.165, 1.54) is 4.90 Å². The number of aryl methyl sites for hydroxylation is 2. The Balaban J connectivity index is 1.87. The van der Waals surface area contributed by atoms with Gasteiger partial charge in [0.05, 0.1) is 30.1 Å². The largest absolute Gasteiger partial charge is 0.394 e. The fourth-order valence-electron chi connectivity index (χ4n) is 6.99. The number of fused-ring (bicyclic) bond motifs is 1. The summed E-state index contributed by atoms with van der Waals surface area (Å²) >= 11 is 0. The van der Waals surface area contributed by atoms with Gasteiger partial charge in [-0.3, -0.25) is 14.4 Å². The number of carbonyl (C=O) groups excluding carboxylic acids is 3. The van der Waals surface area contributed by atoms with Crippen molar-refractivity contribution in [2.75, 3.05) is 31.6 Å². The van der Waals surface area contributed by atoms with E-state index in [0.29, 0.717) is 25.8 Å². The van der Waals surface area contributed by atoms with Gasteiger partial charge in [0.2, 0.25) is 11.8 Å². The highest BCUT2D eigenvalue weighted by Crippen LogP contribution is 2.65. The van der Waals surface area contributed by atoms with Gasteiger partial charge < -0.3 is 24.5 Å². The number of hydrogen-bond donors (Lipinski definition) is 1. The molecule has 6 atom stereocenters. The summed E-state index contributed by atoms with van der Waals surface area (Å²) in [5.74, 6) is -2.27. The van der Waals surface area contributed by atoms with Gasteiger partial charge in [-0.2, -0.15) is 0 Å². The lowest BCUT2D eigenvalue weighted by Gasteiger charge is -2.39. The van der Waals surface area contributed by atoms with Gasteiger partial charge in [-0.25, -0.2) is 0 Å². The maximum atomic E-state index is 14.6. The third-order valence-corrected chi connectivity index (χ3v) is 8.87. The fourth-order valence-corrected chi connectivity index (χ4v) is 6.99. The van der Waals surface area contributed by atoms with E-state index < -0.39 is 35.1 Å². The predicted molar refractivity (Wildman–Crippen MR) is 147 cm³/mol. The molecule has 8 heteroatoms. The van der Waals surface area contributed by atoms with E-state index in [2.05, 4.69) is 13.2 Å². The van der Waals surface area contributed by atoms with Crippen molar-refractivity contribution in [2.24, 2.45) is 11.8 Å². The Labute approximate surface area is 225 Å². The SMILES string of the molecule is C=CCN(C)C(=O)[C@@H]1[C@H]2C(=O)N([C@H](C)CO)C(C(=O)N(CC=C)c3cc(C)ccc3C)C23CC[C@@]1(CC)O3. The van der Waals surface area contributed by atoms with Crippen LogP contribution in [0, 0.1) is 25.7 Å². The quantitative estimate of drug-likeness (QED) is 0.476. The molecule has 4 rings (SSSR count). The summed E-state index contributed by atoms with van der Waals surface area (Å²) in [7, 11) is 1.70. The first kappa shape index (κ1) is 28.0. The first-order valence-corrected chi connectivity index (χ1v) is 13.5. The van der Waals surface area contributed by atoms with E-state index in [-0.39, 0.29) is 30.9 Å². The van der Waals surface area contributed by atoms with Gasteiger partial charge in [-0.15, -0.1) is 13.2 Å². The normalized spacial score (nSPS) is 30.2. The van der Waals surface area contributed by atoms with Gasteiger partial charge in [0.15, 0.2) is 0 Å². The molecular formula is C30H41N3O5. The number of likely N-dealkylation sites (tertiary alicyclic amines) is 1. The van der Waals surface area contributed by atoms with Crippen LogP contribution in [0.25, 0.3) is 0 Å². The molecule has 1 aromatic carbocycles. The molecule has 1 N–H and O–H groups in total. The van der Waals surface area contributed by atoms with Gasteiger partial charge in [-0.1, -0.05) is 31.2 Å². The van der Waals surface area contributed by atoms with E-state index >= 15 is 0 Å². The number of aliphatic hydroxyl groups excluding tert-OH is 1. The molecule has 0 radical (unpaired) electrons. The van der Waals surface area contributed by atoms with Gasteiger partial charge in [0, 0.05) is 25.8 Å². The smallest absolute Gasteiger partial charge is 0.253 e. The van der Waals surface area contributed by atoms with E-state index in [1.54, 1.807) is 35.9 Å². The summed E-state index contributed by atoms with van der Waals surface area (Å²) < 4.78 is 6.84. The van der Waals surface area contributed by atoms with E-state index in [4.69, 9.17) is 4.74 Å². The van der Waals surface area contributed by atoms with Crippen LogP contribution in [0.5, 0.6) is 0 Å². The second kappa shape index (κ2) is 10.3. The lowest BCUT2D eigenvalue weighted by molar-refractivity contribution is -0.152. The summed E-state index contributed by atoms with van der Waals surface area (Å²) in [6.45, 7) is 15.5. The van der Waals surface area contributed by atoms with Crippen molar-refractivity contribution in [2.45, 2.75) is 70.2 Å². The summed E-state index contributed by atoms with van der Waals surface area (Å²) in [4.78, 5) is 47.4. The zero-order chi connectivity index (χ0) is 28.0. The number of anilines is 1. The Morgan fingerprint density at radius 1 is 1.21 bits per heavy atom. The number of carbonyl (C=O) groups is 3. The van der Waals surface area contributed by atoms with Crippen LogP contribution in [0.15, 0.2) is 43.5 Å². The molecule has 3 aliphatic heterocycles. The minimum atomic E-state index is -1.15. The van der Waals surface area contributed by atoms with Crippen LogP contribution in [0.3, 0.4) is 0 Å². The standard InChI is InChI=1S/C30H41N3O5/c1-8-15-31(7)26(35)23-24-27(36)33(21(6)18-34)25(30(24)14-13-29(23,10-3)38-30)28(37)32(16-9-2)22-17-19(4)11-12-20(22)5/h8-9,11-12,17,21,23-25,34H,1-2,10,13-16,18H2,3-7H3/t21-,23+,24+,25?,29-,30?/m1/s1. The Morgan fingerprint density at radius 3 is 2.50 bits per heavy atom.